The molecule has 34 heavy (non-hydrogen) atoms. The van der Waals surface area contributed by atoms with Crippen molar-refractivity contribution >= 4 is 38.1 Å². The van der Waals surface area contributed by atoms with Crippen LogP contribution in [0.4, 0.5) is 0 Å². The molecule has 0 unspecified atom stereocenters. The van der Waals surface area contributed by atoms with Crippen LogP contribution in [-0.2, 0) is 21.4 Å². The number of carbonyl (C=O) groups is 1. The summed E-state index contributed by atoms with van der Waals surface area (Å²) < 4.78 is 38.9. The fourth-order valence-corrected chi connectivity index (χ4v) is 4.72. The third-order valence-electron chi connectivity index (χ3n) is 4.78. The van der Waals surface area contributed by atoms with E-state index in [1.54, 1.807) is 42.5 Å². The highest BCUT2D eigenvalue weighted by molar-refractivity contribution is 9.10. The van der Waals surface area contributed by atoms with Gasteiger partial charge in [-0.25, -0.2) is 13.8 Å². The Labute approximate surface area is 207 Å². The van der Waals surface area contributed by atoms with Crippen LogP contribution in [0.1, 0.15) is 11.1 Å². The van der Waals surface area contributed by atoms with Gasteiger partial charge >= 0.3 is 0 Å². The van der Waals surface area contributed by atoms with Crippen molar-refractivity contribution in [1.29, 1.82) is 0 Å². The van der Waals surface area contributed by atoms with Crippen LogP contribution < -0.4 is 14.9 Å². The predicted molar refractivity (Wildman–Crippen MR) is 133 cm³/mol. The third-order valence-corrected chi connectivity index (χ3v) is 7.12. The Morgan fingerprint density at radius 2 is 1.68 bits per heavy atom. The molecule has 0 aliphatic rings. The van der Waals surface area contributed by atoms with Crippen molar-refractivity contribution in [3.8, 4) is 11.5 Å². The second kappa shape index (κ2) is 11.8. The number of hydrazone groups is 1. The Morgan fingerprint density at radius 3 is 2.32 bits per heavy atom. The largest absolute Gasteiger partial charge is 0.493 e. The summed E-state index contributed by atoms with van der Waals surface area (Å²) in [5.41, 5.74) is 3.81. The van der Waals surface area contributed by atoms with Crippen LogP contribution in [0.3, 0.4) is 0 Å². The van der Waals surface area contributed by atoms with Crippen LogP contribution in [0.5, 0.6) is 11.5 Å². The maximum Gasteiger partial charge on any atom is 0.255 e. The van der Waals surface area contributed by atoms with Gasteiger partial charge in [-0.3, -0.25) is 4.79 Å². The van der Waals surface area contributed by atoms with Gasteiger partial charge in [-0.15, -0.1) is 0 Å². The average Bonchev–Trinajstić information content (AvgIpc) is 2.84. The van der Waals surface area contributed by atoms with Crippen molar-refractivity contribution in [1.82, 2.24) is 9.73 Å². The number of carbonyl (C=O) groups excluding carboxylic acids is 1. The summed E-state index contributed by atoms with van der Waals surface area (Å²) in [6, 6.07) is 20.5. The predicted octanol–water partition coefficient (Wildman–Crippen LogP) is 3.81. The van der Waals surface area contributed by atoms with Crippen LogP contribution in [0.2, 0.25) is 0 Å². The van der Waals surface area contributed by atoms with Crippen LogP contribution >= 0.6 is 15.9 Å². The number of benzene rings is 3. The molecule has 0 aliphatic carbocycles. The van der Waals surface area contributed by atoms with Gasteiger partial charge < -0.3 is 9.47 Å². The van der Waals surface area contributed by atoms with E-state index in [9.17, 15) is 13.2 Å². The van der Waals surface area contributed by atoms with E-state index < -0.39 is 22.5 Å². The Bertz CT molecular complexity index is 1250. The van der Waals surface area contributed by atoms with E-state index in [0.717, 1.165) is 14.3 Å². The van der Waals surface area contributed by atoms with E-state index in [0.29, 0.717) is 17.1 Å². The van der Waals surface area contributed by atoms with Gasteiger partial charge in [0, 0.05) is 11.0 Å². The van der Waals surface area contributed by atoms with Crippen LogP contribution in [0, 0.1) is 0 Å². The number of nitrogens with one attached hydrogen (secondary N) is 1. The first-order chi connectivity index (χ1) is 16.3. The highest BCUT2D eigenvalue weighted by Crippen LogP contribution is 2.27. The fraction of sp³-hybridized carbons (Fsp3) is 0.167. The number of methoxy groups -OCH3 is 2. The van der Waals surface area contributed by atoms with Crippen molar-refractivity contribution < 1.29 is 22.7 Å². The maximum atomic E-state index is 13.3. The zero-order valence-corrected chi connectivity index (χ0v) is 21.0. The first kappa shape index (κ1) is 25.4. The van der Waals surface area contributed by atoms with Gasteiger partial charge in [0.2, 0.25) is 10.0 Å². The molecule has 0 aromatic heterocycles. The van der Waals surface area contributed by atoms with Gasteiger partial charge in [-0.05, 0) is 53.6 Å². The highest BCUT2D eigenvalue weighted by Gasteiger charge is 2.27. The molecule has 1 N–H and O–H groups in total. The second-order valence-corrected chi connectivity index (χ2v) is 9.97. The molecule has 3 rings (SSSR count). The lowest BCUT2D eigenvalue weighted by atomic mass is 10.2. The normalized spacial score (nSPS) is 11.5. The summed E-state index contributed by atoms with van der Waals surface area (Å²) in [4.78, 5) is 12.7. The Kier molecular flexibility index (Phi) is 8.80. The molecule has 3 aromatic rings. The Morgan fingerprint density at radius 1 is 1.00 bits per heavy atom. The third kappa shape index (κ3) is 6.66. The lowest BCUT2D eigenvalue weighted by Gasteiger charge is -2.21. The summed E-state index contributed by atoms with van der Waals surface area (Å²) in [6.45, 7) is -0.372. The number of hydrogen-bond acceptors (Lipinski definition) is 6. The zero-order chi connectivity index (χ0) is 24.6. The minimum atomic E-state index is -3.94. The van der Waals surface area contributed by atoms with Gasteiger partial charge in [0.15, 0.2) is 11.5 Å². The maximum absolute atomic E-state index is 13.3. The molecule has 0 radical (unpaired) electrons. The Hall–Kier alpha value is -3.21. The quantitative estimate of drug-likeness (QED) is 0.308. The molecule has 3 aromatic carbocycles. The summed E-state index contributed by atoms with van der Waals surface area (Å²) in [7, 11) is -0.877. The number of rotatable bonds is 10. The molecular weight excluding hydrogens is 522 g/mol. The van der Waals surface area contributed by atoms with Crippen molar-refractivity contribution in [3.63, 3.8) is 0 Å². The summed E-state index contributed by atoms with van der Waals surface area (Å²) in [6.07, 6.45) is 1.44. The first-order valence-electron chi connectivity index (χ1n) is 10.2. The highest BCUT2D eigenvalue weighted by atomic mass is 79.9. The molecule has 0 aliphatic heterocycles. The van der Waals surface area contributed by atoms with E-state index in [1.807, 2.05) is 18.2 Å². The van der Waals surface area contributed by atoms with E-state index >= 15 is 0 Å². The van der Waals surface area contributed by atoms with Crippen molar-refractivity contribution in [2.75, 3.05) is 20.8 Å². The molecular formula is C24H24BrN3O5S. The molecule has 0 fully saturated rings. The van der Waals surface area contributed by atoms with Crippen molar-refractivity contribution in [3.05, 3.63) is 88.4 Å². The molecule has 8 nitrogen and oxygen atoms in total. The van der Waals surface area contributed by atoms with E-state index in [1.165, 1.54) is 32.6 Å². The standard InChI is InChI=1S/C24H24BrN3O5S/c1-32-22-13-8-19(14-23(22)33-2)15-26-27-24(29)17-28(16-18-6-4-3-5-7-18)34(30,31)21-11-9-20(25)10-12-21/h3-15H,16-17H2,1-2H3,(H,27,29)/b26-15-. The summed E-state index contributed by atoms with van der Waals surface area (Å²) in [5, 5.41) is 3.95. The number of halogens is 1. The fourth-order valence-electron chi connectivity index (χ4n) is 3.08. The van der Waals surface area contributed by atoms with Crippen LogP contribution in [0.15, 0.2) is 87.3 Å². The number of nitrogens with zero attached hydrogens (tertiary/aromatic N) is 2. The second-order valence-electron chi connectivity index (χ2n) is 7.12. The van der Waals surface area contributed by atoms with E-state index in [4.69, 9.17) is 9.47 Å². The number of amides is 1. The average molecular weight is 546 g/mol. The minimum Gasteiger partial charge on any atom is -0.493 e. The molecule has 0 saturated heterocycles. The Balaban J connectivity index is 1.76. The smallest absolute Gasteiger partial charge is 0.255 e. The molecule has 178 valence electrons. The molecule has 10 heteroatoms. The zero-order valence-electron chi connectivity index (χ0n) is 18.6. The number of sulfonamides is 1. The SMILES string of the molecule is COc1ccc(/C=N\NC(=O)CN(Cc2ccccc2)S(=O)(=O)c2ccc(Br)cc2)cc1OC. The lowest BCUT2D eigenvalue weighted by molar-refractivity contribution is -0.121. The molecule has 1 amide bonds. The van der Waals surface area contributed by atoms with E-state index in [2.05, 4.69) is 26.5 Å². The van der Waals surface area contributed by atoms with E-state index in [-0.39, 0.29) is 11.4 Å². The van der Waals surface area contributed by atoms with Gasteiger partial charge in [-0.1, -0.05) is 46.3 Å². The number of ether oxygens (including phenoxy) is 2. The molecule has 0 bridgehead atoms. The first-order valence-corrected chi connectivity index (χ1v) is 12.4. The van der Waals surface area contributed by atoms with Crippen molar-refractivity contribution in [2.45, 2.75) is 11.4 Å². The molecule has 0 heterocycles. The van der Waals surface area contributed by atoms with Crippen LogP contribution in [0.25, 0.3) is 0 Å². The molecule has 0 atom stereocenters. The summed E-state index contributed by atoms with van der Waals surface area (Å²) in [5.74, 6) is 0.513. The molecule has 0 saturated carbocycles. The summed E-state index contributed by atoms with van der Waals surface area (Å²) >= 11 is 3.30. The monoisotopic (exact) mass is 545 g/mol. The minimum absolute atomic E-state index is 0.0338. The number of hydrogen-bond donors (Lipinski definition) is 1. The van der Waals surface area contributed by atoms with Crippen molar-refractivity contribution in [2.24, 2.45) is 5.10 Å². The van der Waals surface area contributed by atoms with Gasteiger partial charge in [0.1, 0.15) is 0 Å². The van der Waals surface area contributed by atoms with Gasteiger partial charge in [0.05, 0.1) is 31.9 Å². The topological polar surface area (TPSA) is 97.3 Å². The lowest BCUT2D eigenvalue weighted by Crippen LogP contribution is -2.39. The van der Waals surface area contributed by atoms with Crippen LogP contribution in [-0.4, -0.2) is 45.6 Å². The van der Waals surface area contributed by atoms with Gasteiger partial charge in [0.25, 0.3) is 5.91 Å². The molecule has 0 spiro atoms. The van der Waals surface area contributed by atoms with Gasteiger partial charge in [-0.2, -0.15) is 9.41 Å².